The number of likely N-dealkylation sites (N-methyl/N-ethyl adjacent to an activating group) is 1. The zero-order valence-electron chi connectivity index (χ0n) is 31.9. The standard InChI is InChI=1S/C39H65N5O5/c1-11-17-44-23-27(2)20-39(7,46-10)36(49-37-35(45)34(43(8)9)18-29(4)48-37)28(3)21-38(5,6)25-47-24-32(44)13-12-16-41-31-14-15-33-30(19-31)22-40-26-42-33/h14-15,19,22,24,26-29,34-37,41,45H,11-13,16-18,20-21,23,25H2,1-10H3/t27-,28-,29-,34+,35-,36-,37+,39-/m1/s1. The maximum atomic E-state index is 11.4. The number of aliphatic hydroxyl groups excluding tert-OH is 1. The lowest BCUT2D eigenvalue weighted by Crippen LogP contribution is -2.58. The van der Waals surface area contributed by atoms with E-state index in [-0.39, 0.29) is 29.6 Å². The van der Waals surface area contributed by atoms with Gasteiger partial charge in [0.05, 0.1) is 29.9 Å². The van der Waals surface area contributed by atoms with Crippen LogP contribution in [0.2, 0.25) is 0 Å². The van der Waals surface area contributed by atoms with Gasteiger partial charge in [-0.3, -0.25) is 0 Å². The lowest BCUT2D eigenvalue weighted by Gasteiger charge is -2.47. The molecule has 276 valence electrons. The van der Waals surface area contributed by atoms with Gasteiger partial charge in [0, 0.05) is 55.8 Å². The van der Waals surface area contributed by atoms with Crippen LogP contribution in [0.1, 0.15) is 87.0 Å². The molecule has 0 radical (unpaired) electrons. The first-order valence-corrected chi connectivity index (χ1v) is 18.4. The quantitative estimate of drug-likeness (QED) is 0.249. The van der Waals surface area contributed by atoms with E-state index in [1.165, 1.54) is 5.70 Å². The summed E-state index contributed by atoms with van der Waals surface area (Å²) in [7, 11) is 5.82. The fraction of sp³-hybridized carbons (Fsp3) is 0.744. The van der Waals surface area contributed by atoms with E-state index in [1.807, 2.05) is 32.6 Å². The topological polar surface area (TPSA) is 101 Å². The summed E-state index contributed by atoms with van der Waals surface area (Å²) in [6.07, 6.45) is 9.00. The first-order chi connectivity index (χ1) is 23.2. The van der Waals surface area contributed by atoms with Crippen molar-refractivity contribution in [2.24, 2.45) is 17.3 Å². The summed E-state index contributed by atoms with van der Waals surface area (Å²) in [5.74, 6) is 0.417. The maximum Gasteiger partial charge on any atom is 0.185 e. The largest absolute Gasteiger partial charge is 0.499 e. The zero-order chi connectivity index (χ0) is 35.8. The number of rotatable bonds is 11. The molecule has 2 N–H and O–H groups in total. The molecule has 10 nitrogen and oxygen atoms in total. The highest BCUT2D eigenvalue weighted by molar-refractivity contribution is 5.81. The lowest BCUT2D eigenvalue weighted by molar-refractivity contribution is -0.298. The first kappa shape index (κ1) is 39.3. The summed E-state index contributed by atoms with van der Waals surface area (Å²) in [4.78, 5) is 13.1. The van der Waals surface area contributed by atoms with Gasteiger partial charge < -0.3 is 39.2 Å². The second-order valence-electron chi connectivity index (χ2n) is 16.0. The number of aromatic nitrogens is 2. The molecule has 0 aliphatic carbocycles. The minimum atomic E-state index is -0.755. The van der Waals surface area contributed by atoms with Gasteiger partial charge in [0.25, 0.3) is 0 Å². The van der Waals surface area contributed by atoms with Gasteiger partial charge in [0.1, 0.15) is 18.7 Å². The van der Waals surface area contributed by atoms with Crippen molar-refractivity contribution in [2.75, 3.05) is 52.8 Å². The van der Waals surface area contributed by atoms with E-state index in [1.54, 1.807) is 13.4 Å². The number of aliphatic hydroxyl groups is 1. The third-order valence-electron chi connectivity index (χ3n) is 10.3. The molecule has 0 spiro atoms. The number of nitrogens with zero attached hydrogens (tertiary/aromatic N) is 4. The number of fused-ring (bicyclic) bond motifs is 1. The van der Waals surface area contributed by atoms with Gasteiger partial charge in [0.15, 0.2) is 6.29 Å². The molecule has 0 unspecified atom stereocenters. The highest BCUT2D eigenvalue weighted by Gasteiger charge is 2.47. The Balaban J connectivity index is 1.52. The van der Waals surface area contributed by atoms with Crippen LogP contribution in [-0.2, 0) is 18.9 Å². The van der Waals surface area contributed by atoms with Crippen LogP contribution in [0.3, 0.4) is 0 Å². The van der Waals surface area contributed by atoms with Crippen molar-refractivity contribution >= 4 is 16.6 Å². The second-order valence-corrected chi connectivity index (χ2v) is 16.0. The fourth-order valence-electron chi connectivity index (χ4n) is 8.04. The van der Waals surface area contributed by atoms with E-state index in [0.717, 1.165) is 74.7 Å². The Hall–Kier alpha value is -2.50. The van der Waals surface area contributed by atoms with Gasteiger partial charge in [-0.15, -0.1) is 0 Å². The number of benzene rings is 1. The van der Waals surface area contributed by atoms with Crippen molar-refractivity contribution in [3.8, 4) is 0 Å². The molecule has 10 heteroatoms. The molecule has 1 saturated heterocycles. The summed E-state index contributed by atoms with van der Waals surface area (Å²) in [5.41, 5.74) is 2.53. The molecule has 1 aromatic carbocycles. The number of ether oxygens (including phenoxy) is 4. The van der Waals surface area contributed by atoms with Gasteiger partial charge in [0.2, 0.25) is 0 Å². The molecule has 0 amide bonds. The molecule has 3 heterocycles. The smallest absolute Gasteiger partial charge is 0.185 e. The van der Waals surface area contributed by atoms with E-state index < -0.39 is 18.0 Å². The summed E-state index contributed by atoms with van der Waals surface area (Å²) in [6.45, 7) is 18.8. The van der Waals surface area contributed by atoms with Crippen molar-refractivity contribution in [3.05, 3.63) is 42.7 Å². The van der Waals surface area contributed by atoms with Gasteiger partial charge in [-0.1, -0.05) is 34.6 Å². The second kappa shape index (κ2) is 17.6. The summed E-state index contributed by atoms with van der Waals surface area (Å²) < 4.78 is 26.1. The van der Waals surface area contributed by atoms with Crippen LogP contribution in [0.5, 0.6) is 0 Å². The van der Waals surface area contributed by atoms with Crippen molar-refractivity contribution < 1.29 is 24.1 Å². The van der Waals surface area contributed by atoms with Crippen LogP contribution >= 0.6 is 0 Å². The minimum absolute atomic E-state index is 0.0205. The number of methoxy groups -OCH3 is 1. The minimum Gasteiger partial charge on any atom is -0.499 e. The Morgan fingerprint density at radius 1 is 1.14 bits per heavy atom. The monoisotopic (exact) mass is 683 g/mol. The van der Waals surface area contributed by atoms with Crippen molar-refractivity contribution in [2.45, 2.75) is 123 Å². The molecule has 8 atom stereocenters. The van der Waals surface area contributed by atoms with Crippen molar-refractivity contribution in [1.82, 2.24) is 19.8 Å². The van der Waals surface area contributed by atoms with Gasteiger partial charge in [-0.25, -0.2) is 9.97 Å². The summed E-state index contributed by atoms with van der Waals surface area (Å²) >= 11 is 0. The van der Waals surface area contributed by atoms with E-state index in [4.69, 9.17) is 18.9 Å². The number of hydrogen-bond acceptors (Lipinski definition) is 10. The average molecular weight is 684 g/mol. The maximum absolute atomic E-state index is 11.4. The van der Waals surface area contributed by atoms with Crippen LogP contribution < -0.4 is 5.32 Å². The van der Waals surface area contributed by atoms with Crippen molar-refractivity contribution in [3.63, 3.8) is 0 Å². The fourth-order valence-corrected chi connectivity index (χ4v) is 8.04. The Morgan fingerprint density at radius 3 is 2.63 bits per heavy atom. The summed E-state index contributed by atoms with van der Waals surface area (Å²) in [5, 5.41) is 16.0. The molecule has 2 aliphatic heterocycles. The predicted octanol–water partition coefficient (Wildman–Crippen LogP) is 6.70. The predicted molar refractivity (Wildman–Crippen MR) is 197 cm³/mol. The van der Waals surface area contributed by atoms with E-state index in [0.29, 0.717) is 12.5 Å². The number of hydrogen-bond donors (Lipinski definition) is 2. The molecule has 0 bridgehead atoms. The average Bonchev–Trinajstić information content (AvgIpc) is 3.05. The third-order valence-corrected chi connectivity index (χ3v) is 10.3. The van der Waals surface area contributed by atoms with Gasteiger partial charge >= 0.3 is 0 Å². The lowest BCUT2D eigenvalue weighted by atomic mass is 9.75. The number of nitrogens with one attached hydrogen (secondary N) is 1. The summed E-state index contributed by atoms with van der Waals surface area (Å²) in [6, 6.07) is 6.18. The molecule has 1 aromatic heterocycles. The first-order valence-electron chi connectivity index (χ1n) is 18.4. The molecule has 0 saturated carbocycles. The highest BCUT2D eigenvalue weighted by Crippen LogP contribution is 2.39. The Morgan fingerprint density at radius 2 is 1.92 bits per heavy atom. The van der Waals surface area contributed by atoms with Gasteiger partial charge in [-0.2, -0.15) is 0 Å². The molecule has 49 heavy (non-hydrogen) atoms. The van der Waals surface area contributed by atoms with Crippen molar-refractivity contribution in [1.29, 1.82) is 0 Å². The van der Waals surface area contributed by atoms with Crippen LogP contribution in [0.4, 0.5) is 5.69 Å². The zero-order valence-corrected chi connectivity index (χ0v) is 31.9. The Bertz CT molecular complexity index is 1340. The molecule has 2 aliphatic rings. The SMILES string of the molecule is CCCN1C[C@H](C)C[C@@](C)(OC)[C@H](O[C@@H]2O[C@H](C)C[C@H](N(C)C)[C@H]2O)[C@H](C)CC(C)(C)COC=C1CCCNc1ccc2ncncc2c1. The van der Waals surface area contributed by atoms with Crippen LogP contribution in [0.15, 0.2) is 42.7 Å². The number of allylic oxidation sites excluding steroid dienone is 1. The van der Waals surface area contributed by atoms with Crippen LogP contribution in [0, 0.1) is 17.3 Å². The van der Waals surface area contributed by atoms with Gasteiger partial charge in [-0.05, 0) is 102 Å². The molecular weight excluding hydrogens is 618 g/mol. The molecule has 2 aromatic rings. The highest BCUT2D eigenvalue weighted by atomic mass is 16.7. The normalized spacial score (nSPS) is 31.7. The molecular formula is C39H65N5O5. The van der Waals surface area contributed by atoms with E-state index >= 15 is 0 Å². The van der Waals surface area contributed by atoms with Crippen LogP contribution in [-0.4, -0.2) is 109 Å². The van der Waals surface area contributed by atoms with Crippen LogP contribution in [0.25, 0.3) is 10.9 Å². The molecule has 4 rings (SSSR count). The Kier molecular flexibility index (Phi) is 14.1. The third kappa shape index (κ3) is 10.7. The van der Waals surface area contributed by atoms with E-state index in [2.05, 4.69) is 85.7 Å². The Labute approximate surface area is 295 Å². The molecule has 1 fully saturated rings. The van der Waals surface area contributed by atoms with E-state index in [9.17, 15) is 5.11 Å². The number of anilines is 1.